The van der Waals surface area contributed by atoms with Gasteiger partial charge in [0, 0.05) is 16.7 Å². The lowest BCUT2D eigenvalue weighted by Gasteiger charge is -2.15. The first-order valence-electron chi connectivity index (χ1n) is 5.38. The average Bonchev–Trinajstić information content (AvgIpc) is 2.28. The third-order valence-corrected chi connectivity index (χ3v) is 2.58. The van der Waals surface area contributed by atoms with E-state index < -0.39 is 19.0 Å². The van der Waals surface area contributed by atoms with Gasteiger partial charge < -0.3 is 10.2 Å². The molecule has 92 valence electrons. The molecule has 2 N–H and O–H groups in total. The molecule has 0 aliphatic heterocycles. The Bertz CT molecular complexity index is 434. The number of carbonyl (C=O) groups excluding carboxylic acids is 2. The van der Waals surface area contributed by atoms with Crippen LogP contribution >= 0.6 is 0 Å². The van der Waals surface area contributed by atoms with E-state index in [2.05, 4.69) is 0 Å². The van der Waals surface area contributed by atoms with Gasteiger partial charge in [0.25, 0.3) is 0 Å². The van der Waals surface area contributed by atoms with Crippen LogP contribution in [0.3, 0.4) is 0 Å². The number of hydrogen-bond donors (Lipinski definition) is 2. The summed E-state index contributed by atoms with van der Waals surface area (Å²) in [6.07, 6.45) is 3.46. The minimum absolute atomic E-state index is 0.00144. The SMILES string of the molecule is CC(C)=CCC1=CC(=O)C(CO)=C(CO)C1=O. The number of ketones is 2. The molecule has 0 amide bonds. The summed E-state index contributed by atoms with van der Waals surface area (Å²) in [6, 6.07) is 0. The highest BCUT2D eigenvalue weighted by molar-refractivity contribution is 6.23. The summed E-state index contributed by atoms with van der Waals surface area (Å²) >= 11 is 0. The standard InChI is InChI=1S/C13H16O4/c1-8(2)3-4-9-5-12(16)10(6-14)11(7-15)13(9)17/h3,5,14-15H,4,6-7H2,1-2H3. The van der Waals surface area contributed by atoms with Crippen LogP contribution in [0.15, 0.2) is 34.4 Å². The summed E-state index contributed by atoms with van der Waals surface area (Å²) in [5.41, 5.74) is 1.42. The fourth-order valence-electron chi connectivity index (χ4n) is 1.60. The van der Waals surface area contributed by atoms with Gasteiger partial charge in [-0.2, -0.15) is 0 Å². The fourth-order valence-corrected chi connectivity index (χ4v) is 1.60. The van der Waals surface area contributed by atoms with Crippen molar-refractivity contribution in [1.82, 2.24) is 0 Å². The molecule has 0 unspecified atom stereocenters. The topological polar surface area (TPSA) is 74.6 Å². The van der Waals surface area contributed by atoms with Crippen LogP contribution in [0.25, 0.3) is 0 Å². The first-order valence-corrected chi connectivity index (χ1v) is 5.38. The second-order valence-electron chi connectivity index (χ2n) is 4.12. The zero-order valence-corrected chi connectivity index (χ0v) is 9.99. The first kappa shape index (κ1) is 13.5. The predicted molar refractivity (Wildman–Crippen MR) is 63.3 cm³/mol. The molecule has 0 fully saturated rings. The van der Waals surface area contributed by atoms with Gasteiger partial charge in [0.05, 0.1) is 13.2 Å². The second-order valence-corrected chi connectivity index (χ2v) is 4.12. The Balaban J connectivity index is 3.04. The van der Waals surface area contributed by atoms with Crippen molar-refractivity contribution in [2.24, 2.45) is 0 Å². The molecule has 0 aromatic rings. The monoisotopic (exact) mass is 236 g/mol. The molecule has 1 aliphatic rings. The van der Waals surface area contributed by atoms with E-state index in [0.29, 0.717) is 12.0 Å². The van der Waals surface area contributed by atoms with Crippen molar-refractivity contribution >= 4 is 11.6 Å². The number of rotatable bonds is 4. The van der Waals surface area contributed by atoms with Crippen molar-refractivity contribution in [1.29, 1.82) is 0 Å². The van der Waals surface area contributed by atoms with Gasteiger partial charge in [-0.05, 0) is 26.3 Å². The van der Waals surface area contributed by atoms with Crippen molar-refractivity contribution in [3.8, 4) is 0 Å². The molecular weight excluding hydrogens is 220 g/mol. The molecule has 17 heavy (non-hydrogen) atoms. The van der Waals surface area contributed by atoms with E-state index in [1.165, 1.54) is 6.08 Å². The molecule has 1 aliphatic carbocycles. The van der Waals surface area contributed by atoms with Crippen LogP contribution in [-0.4, -0.2) is 35.0 Å². The molecule has 4 nitrogen and oxygen atoms in total. The minimum Gasteiger partial charge on any atom is -0.392 e. The average molecular weight is 236 g/mol. The number of allylic oxidation sites excluding steroid dienone is 4. The molecule has 0 aromatic heterocycles. The predicted octanol–water partition coefficient (Wildman–Crippen LogP) is 0.702. The summed E-state index contributed by atoms with van der Waals surface area (Å²) in [6.45, 7) is 2.76. The van der Waals surface area contributed by atoms with Crippen molar-refractivity contribution in [2.75, 3.05) is 13.2 Å². The Morgan fingerprint density at radius 1 is 1.18 bits per heavy atom. The van der Waals surface area contributed by atoms with Gasteiger partial charge in [0.15, 0.2) is 11.6 Å². The van der Waals surface area contributed by atoms with Crippen molar-refractivity contribution in [2.45, 2.75) is 20.3 Å². The van der Waals surface area contributed by atoms with E-state index in [-0.39, 0.29) is 16.9 Å². The van der Waals surface area contributed by atoms with Crippen molar-refractivity contribution in [3.05, 3.63) is 34.4 Å². The Kier molecular flexibility index (Phi) is 4.54. The molecule has 4 heteroatoms. The molecule has 0 spiro atoms. The summed E-state index contributed by atoms with van der Waals surface area (Å²) in [5.74, 6) is -0.748. The zero-order valence-electron chi connectivity index (χ0n) is 9.99. The Labute approximate surface area is 100.0 Å². The van der Waals surface area contributed by atoms with E-state index in [1.54, 1.807) is 0 Å². The summed E-state index contributed by atoms with van der Waals surface area (Å²) in [4.78, 5) is 23.5. The van der Waals surface area contributed by atoms with Crippen LogP contribution in [-0.2, 0) is 9.59 Å². The highest BCUT2D eigenvalue weighted by Gasteiger charge is 2.26. The molecule has 0 radical (unpaired) electrons. The summed E-state index contributed by atoms with van der Waals surface area (Å²) in [5, 5.41) is 18.1. The lowest BCUT2D eigenvalue weighted by molar-refractivity contribution is -0.116. The smallest absolute Gasteiger partial charge is 0.188 e. The summed E-state index contributed by atoms with van der Waals surface area (Å²) in [7, 11) is 0. The van der Waals surface area contributed by atoms with Gasteiger partial charge in [0.2, 0.25) is 0 Å². The van der Waals surface area contributed by atoms with Gasteiger partial charge in [0.1, 0.15) is 0 Å². The molecule has 0 aromatic carbocycles. The maximum atomic E-state index is 11.9. The maximum Gasteiger partial charge on any atom is 0.188 e. The molecule has 0 saturated carbocycles. The Morgan fingerprint density at radius 2 is 1.76 bits per heavy atom. The molecule has 0 atom stereocenters. The Morgan fingerprint density at radius 3 is 2.24 bits per heavy atom. The van der Waals surface area contributed by atoms with E-state index in [0.717, 1.165) is 5.57 Å². The lowest BCUT2D eigenvalue weighted by Crippen LogP contribution is -2.23. The molecule has 0 heterocycles. The third kappa shape index (κ3) is 2.99. The lowest BCUT2D eigenvalue weighted by atomic mass is 9.88. The van der Waals surface area contributed by atoms with Crippen molar-refractivity contribution in [3.63, 3.8) is 0 Å². The number of Topliss-reactive ketones (excluding diaryl/α,β-unsaturated/α-hetero) is 1. The van der Waals surface area contributed by atoms with Gasteiger partial charge in [-0.15, -0.1) is 0 Å². The van der Waals surface area contributed by atoms with Crippen LogP contribution in [0, 0.1) is 0 Å². The highest BCUT2D eigenvalue weighted by Crippen LogP contribution is 2.21. The van der Waals surface area contributed by atoms with Crippen molar-refractivity contribution < 1.29 is 19.8 Å². The number of hydrogen-bond acceptors (Lipinski definition) is 4. The van der Waals surface area contributed by atoms with Crippen LogP contribution < -0.4 is 0 Å². The maximum absolute atomic E-state index is 11.9. The quantitative estimate of drug-likeness (QED) is 0.556. The summed E-state index contributed by atoms with van der Waals surface area (Å²) < 4.78 is 0. The molecular formula is C13H16O4. The van der Waals surface area contributed by atoms with Crippen LogP contribution in [0.1, 0.15) is 20.3 Å². The molecule has 0 bridgehead atoms. The Hall–Kier alpha value is -1.52. The first-order chi connectivity index (χ1) is 8.01. The van der Waals surface area contributed by atoms with E-state index in [1.807, 2.05) is 19.9 Å². The van der Waals surface area contributed by atoms with Gasteiger partial charge in [-0.25, -0.2) is 0 Å². The van der Waals surface area contributed by atoms with Crippen LogP contribution in [0.5, 0.6) is 0 Å². The van der Waals surface area contributed by atoms with E-state index in [4.69, 9.17) is 10.2 Å². The zero-order chi connectivity index (χ0) is 13.0. The molecule has 0 saturated heterocycles. The number of carbonyl (C=O) groups is 2. The van der Waals surface area contributed by atoms with Gasteiger partial charge >= 0.3 is 0 Å². The van der Waals surface area contributed by atoms with Crippen LogP contribution in [0.2, 0.25) is 0 Å². The van der Waals surface area contributed by atoms with Gasteiger partial charge in [-0.3, -0.25) is 9.59 Å². The second kappa shape index (κ2) is 5.70. The number of aliphatic hydroxyl groups excluding tert-OH is 2. The minimum atomic E-state index is -0.521. The van der Waals surface area contributed by atoms with E-state index >= 15 is 0 Å². The number of aliphatic hydroxyl groups is 2. The van der Waals surface area contributed by atoms with Crippen LogP contribution in [0.4, 0.5) is 0 Å². The third-order valence-electron chi connectivity index (χ3n) is 2.58. The van der Waals surface area contributed by atoms with Gasteiger partial charge in [-0.1, -0.05) is 11.6 Å². The highest BCUT2D eigenvalue weighted by atomic mass is 16.3. The normalized spacial score (nSPS) is 16.1. The van der Waals surface area contributed by atoms with E-state index in [9.17, 15) is 9.59 Å². The molecule has 1 rings (SSSR count). The fraction of sp³-hybridized carbons (Fsp3) is 0.385. The largest absolute Gasteiger partial charge is 0.392 e.